The second kappa shape index (κ2) is 7.29. The van der Waals surface area contributed by atoms with Crippen molar-refractivity contribution in [2.24, 2.45) is 5.92 Å². The summed E-state index contributed by atoms with van der Waals surface area (Å²) in [5.41, 5.74) is 0.741. The van der Waals surface area contributed by atoms with Crippen LogP contribution >= 0.6 is 0 Å². The third kappa shape index (κ3) is 3.62. The minimum atomic E-state index is -0.533. The molecule has 1 amide bonds. The summed E-state index contributed by atoms with van der Waals surface area (Å²) in [5, 5.41) is 12.4. The maximum Gasteiger partial charge on any atom is 0.260 e. The number of nitrogens with one attached hydrogen (secondary N) is 2. The average Bonchev–Trinajstić information content (AvgIpc) is 2.57. The van der Waals surface area contributed by atoms with Crippen molar-refractivity contribution in [2.75, 3.05) is 7.11 Å². The standard InChI is InChI=1S/C19H21FN2O4/c1-10-3-5-14(18(24)21-10)19(25)22-17(12-7-13(23)8-12)11-4-6-16(26-2)15(20)9-11/h3-6,9,12-13,17,23H,7-8H2,1-2H3,(H,21,24)(H,22,25). The number of hydrogen-bond acceptors (Lipinski definition) is 4. The number of methoxy groups -OCH3 is 1. The number of pyridine rings is 1. The first-order valence-corrected chi connectivity index (χ1v) is 8.41. The highest BCUT2D eigenvalue weighted by Gasteiger charge is 2.36. The molecule has 1 saturated carbocycles. The molecule has 0 radical (unpaired) electrons. The third-order valence-corrected chi connectivity index (χ3v) is 4.74. The molecule has 0 spiro atoms. The smallest absolute Gasteiger partial charge is 0.260 e. The monoisotopic (exact) mass is 360 g/mol. The molecule has 1 aliphatic carbocycles. The summed E-state index contributed by atoms with van der Waals surface area (Å²) in [6.07, 6.45) is 0.580. The summed E-state index contributed by atoms with van der Waals surface area (Å²) < 4.78 is 19.0. The summed E-state index contributed by atoms with van der Waals surface area (Å²) in [6, 6.07) is 7.09. The first kappa shape index (κ1) is 18.1. The third-order valence-electron chi connectivity index (χ3n) is 4.74. The van der Waals surface area contributed by atoms with Crippen LogP contribution in [0, 0.1) is 18.7 Å². The number of carbonyl (C=O) groups is 1. The van der Waals surface area contributed by atoms with Gasteiger partial charge >= 0.3 is 0 Å². The van der Waals surface area contributed by atoms with Crippen molar-refractivity contribution >= 4 is 5.91 Å². The average molecular weight is 360 g/mol. The van der Waals surface area contributed by atoms with Gasteiger partial charge in [-0.1, -0.05) is 6.07 Å². The highest BCUT2D eigenvalue weighted by atomic mass is 19.1. The molecule has 0 saturated heterocycles. The number of carbonyl (C=O) groups excluding carboxylic acids is 1. The number of aromatic amines is 1. The number of amides is 1. The Morgan fingerprint density at radius 2 is 2.08 bits per heavy atom. The molecule has 3 rings (SSSR count). The van der Waals surface area contributed by atoms with Crippen molar-refractivity contribution in [3.63, 3.8) is 0 Å². The molecule has 1 unspecified atom stereocenters. The highest BCUT2D eigenvalue weighted by molar-refractivity contribution is 5.94. The van der Waals surface area contributed by atoms with Crippen LogP contribution < -0.4 is 15.6 Å². The van der Waals surface area contributed by atoms with Crippen molar-refractivity contribution in [1.82, 2.24) is 10.3 Å². The van der Waals surface area contributed by atoms with Crippen molar-refractivity contribution < 1.29 is 19.0 Å². The van der Waals surface area contributed by atoms with Crippen molar-refractivity contribution in [1.29, 1.82) is 0 Å². The molecule has 0 aliphatic heterocycles. The zero-order valence-electron chi connectivity index (χ0n) is 14.6. The van der Waals surface area contributed by atoms with Gasteiger partial charge in [-0.05, 0) is 55.5 Å². The summed E-state index contributed by atoms with van der Waals surface area (Å²) in [6.45, 7) is 1.72. The van der Waals surface area contributed by atoms with Crippen LogP contribution in [0.25, 0.3) is 0 Å². The highest BCUT2D eigenvalue weighted by Crippen LogP contribution is 2.39. The van der Waals surface area contributed by atoms with Crippen LogP contribution in [0.15, 0.2) is 35.1 Å². The molecule has 3 N–H and O–H groups in total. The lowest BCUT2D eigenvalue weighted by Crippen LogP contribution is -2.42. The summed E-state index contributed by atoms with van der Waals surface area (Å²) >= 11 is 0. The number of rotatable bonds is 5. The van der Waals surface area contributed by atoms with Gasteiger partial charge in [0.05, 0.1) is 19.3 Å². The van der Waals surface area contributed by atoms with Crippen molar-refractivity contribution in [2.45, 2.75) is 31.9 Å². The summed E-state index contributed by atoms with van der Waals surface area (Å²) in [4.78, 5) is 27.2. The Labute approximate surface area is 150 Å². The lowest BCUT2D eigenvalue weighted by Gasteiger charge is -2.38. The topological polar surface area (TPSA) is 91.4 Å². The lowest BCUT2D eigenvalue weighted by molar-refractivity contribution is 0.0234. The predicted octanol–water partition coefficient (Wildman–Crippen LogP) is 2.07. The van der Waals surface area contributed by atoms with E-state index >= 15 is 0 Å². The van der Waals surface area contributed by atoms with Crippen LogP contribution in [0.4, 0.5) is 4.39 Å². The maximum absolute atomic E-state index is 14.1. The van der Waals surface area contributed by atoms with Gasteiger partial charge in [0.1, 0.15) is 5.56 Å². The lowest BCUT2D eigenvalue weighted by atomic mass is 9.75. The molecule has 1 atom stereocenters. The Hall–Kier alpha value is -2.67. The normalized spacial score (nSPS) is 20.2. The fourth-order valence-corrected chi connectivity index (χ4v) is 3.22. The minimum Gasteiger partial charge on any atom is -0.494 e. The van der Waals surface area contributed by atoms with Gasteiger partial charge < -0.3 is 20.1 Å². The van der Waals surface area contributed by atoms with Gasteiger partial charge in [0.2, 0.25) is 0 Å². The number of halogens is 1. The van der Waals surface area contributed by atoms with Crippen LogP contribution in [0.3, 0.4) is 0 Å². The Kier molecular flexibility index (Phi) is 5.08. The summed E-state index contributed by atoms with van der Waals surface area (Å²) in [7, 11) is 1.38. The molecule has 7 heteroatoms. The van der Waals surface area contributed by atoms with Gasteiger partial charge in [0, 0.05) is 5.69 Å². The van der Waals surface area contributed by atoms with Crippen LogP contribution in [-0.2, 0) is 0 Å². The van der Waals surface area contributed by atoms with Gasteiger partial charge in [-0.3, -0.25) is 9.59 Å². The number of aryl methyl sites for hydroxylation is 1. The molecule has 26 heavy (non-hydrogen) atoms. The predicted molar refractivity (Wildman–Crippen MR) is 93.7 cm³/mol. The van der Waals surface area contributed by atoms with Gasteiger partial charge in [-0.25, -0.2) is 4.39 Å². The summed E-state index contributed by atoms with van der Waals surface area (Å²) in [5.74, 6) is -0.986. The van der Waals surface area contributed by atoms with Gasteiger partial charge in [-0.15, -0.1) is 0 Å². The van der Waals surface area contributed by atoms with E-state index in [9.17, 15) is 19.1 Å². The number of aliphatic hydroxyl groups excluding tert-OH is 1. The second-order valence-corrected chi connectivity index (χ2v) is 6.61. The Balaban J connectivity index is 1.88. The quantitative estimate of drug-likeness (QED) is 0.761. The van der Waals surface area contributed by atoms with Crippen LogP contribution in [0.2, 0.25) is 0 Å². The number of aromatic nitrogens is 1. The van der Waals surface area contributed by atoms with Crippen LogP contribution in [-0.4, -0.2) is 29.2 Å². The van der Waals surface area contributed by atoms with E-state index in [-0.39, 0.29) is 17.2 Å². The van der Waals surface area contributed by atoms with Gasteiger partial charge in [-0.2, -0.15) is 0 Å². The number of hydrogen-bond donors (Lipinski definition) is 3. The molecule has 1 heterocycles. The van der Waals surface area contributed by atoms with E-state index in [4.69, 9.17) is 4.74 Å². The van der Waals surface area contributed by atoms with Crippen LogP contribution in [0.5, 0.6) is 5.75 Å². The zero-order chi connectivity index (χ0) is 18.8. The zero-order valence-corrected chi connectivity index (χ0v) is 14.6. The molecule has 2 aromatic rings. The van der Waals surface area contributed by atoms with E-state index in [0.717, 1.165) is 0 Å². The maximum atomic E-state index is 14.1. The largest absolute Gasteiger partial charge is 0.494 e. The van der Waals surface area contributed by atoms with E-state index in [1.807, 2.05) is 0 Å². The number of H-pyrrole nitrogens is 1. The molecule has 0 bridgehead atoms. The first-order chi connectivity index (χ1) is 12.4. The van der Waals surface area contributed by atoms with Crippen LogP contribution in [0.1, 0.15) is 40.5 Å². The number of ether oxygens (including phenoxy) is 1. The molecule has 6 nitrogen and oxygen atoms in total. The molecular formula is C19H21FN2O4. The molecule has 1 aromatic heterocycles. The van der Waals surface area contributed by atoms with E-state index in [0.29, 0.717) is 24.1 Å². The molecular weight excluding hydrogens is 339 g/mol. The fourth-order valence-electron chi connectivity index (χ4n) is 3.22. The molecule has 138 valence electrons. The second-order valence-electron chi connectivity index (χ2n) is 6.61. The number of benzene rings is 1. The van der Waals surface area contributed by atoms with Crippen molar-refractivity contribution in [3.8, 4) is 5.75 Å². The minimum absolute atomic E-state index is 0.00513. The SMILES string of the molecule is COc1ccc(C(NC(=O)c2ccc(C)[nH]c2=O)C2CC(O)C2)cc1F. The number of aliphatic hydroxyl groups is 1. The fraction of sp³-hybridized carbons (Fsp3) is 0.368. The van der Waals surface area contributed by atoms with Gasteiger partial charge in [0.25, 0.3) is 11.5 Å². The molecule has 1 aromatic carbocycles. The molecule has 1 aliphatic rings. The Bertz CT molecular complexity index is 874. The van der Waals surface area contributed by atoms with E-state index < -0.39 is 29.4 Å². The van der Waals surface area contributed by atoms with E-state index in [1.54, 1.807) is 19.1 Å². The van der Waals surface area contributed by atoms with Gasteiger partial charge in [0.15, 0.2) is 11.6 Å². The Morgan fingerprint density at radius 1 is 1.35 bits per heavy atom. The Morgan fingerprint density at radius 3 is 2.65 bits per heavy atom. The first-order valence-electron chi connectivity index (χ1n) is 8.41. The molecule has 1 fully saturated rings. The van der Waals surface area contributed by atoms with Crippen molar-refractivity contribution in [3.05, 3.63) is 63.3 Å². The van der Waals surface area contributed by atoms with E-state index in [1.165, 1.54) is 25.3 Å². The van der Waals surface area contributed by atoms with E-state index in [2.05, 4.69) is 10.3 Å².